The Bertz CT molecular complexity index is 1610. The predicted molar refractivity (Wildman–Crippen MR) is 151 cm³/mol. The van der Waals surface area contributed by atoms with Crippen LogP contribution in [0.15, 0.2) is 49.1 Å². The number of carbonyl (C=O) groups is 1. The summed E-state index contributed by atoms with van der Waals surface area (Å²) < 4.78 is 45.7. The molecule has 4 aromatic rings. The number of hydrogen-bond donors (Lipinski definition) is 1. The Kier molecular flexibility index (Phi) is 8.32. The molecule has 3 heterocycles. The molecule has 42 heavy (non-hydrogen) atoms. The first-order valence-electron chi connectivity index (χ1n) is 13.7. The topological polar surface area (TPSA) is 108 Å². The van der Waals surface area contributed by atoms with Gasteiger partial charge in [-0.3, -0.25) is 0 Å². The van der Waals surface area contributed by atoms with E-state index < -0.39 is 17.8 Å². The zero-order valence-corrected chi connectivity index (χ0v) is 23.4. The summed E-state index contributed by atoms with van der Waals surface area (Å²) in [6, 6.07) is 7.07. The third-order valence-electron chi connectivity index (χ3n) is 6.82. The number of anilines is 1. The Balaban J connectivity index is 1.43. The number of ether oxygens (including phenoxy) is 1. The largest absolute Gasteiger partial charge is 0.463 e. The van der Waals surface area contributed by atoms with Crippen LogP contribution in [-0.4, -0.2) is 42.1 Å². The summed E-state index contributed by atoms with van der Waals surface area (Å²) in [5.74, 6) is 1.09. The molecule has 0 atom stereocenters. The molecule has 1 aliphatic carbocycles. The second kappa shape index (κ2) is 12.1. The number of halogens is 3. The van der Waals surface area contributed by atoms with Gasteiger partial charge in [0.05, 0.1) is 23.6 Å². The fraction of sp³-hybridized carbons (Fsp3) is 0.333. The van der Waals surface area contributed by atoms with Gasteiger partial charge in [0.1, 0.15) is 18.0 Å². The molecule has 0 radical (unpaired) electrons. The zero-order chi connectivity index (χ0) is 29.9. The van der Waals surface area contributed by atoms with Crippen LogP contribution in [0.4, 0.5) is 19.0 Å². The van der Waals surface area contributed by atoms with E-state index in [2.05, 4.69) is 25.3 Å². The van der Waals surface area contributed by atoms with Gasteiger partial charge in [-0.25, -0.2) is 29.7 Å². The third kappa shape index (κ3) is 6.48. The van der Waals surface area contributed by atoms with Gasteiger partial charge in [0.2, 0.25) is 0 Å². The fourth-order valence-corrected chi connectivity index (χ4v) is 4.57. The van der Waals surface area contributed by atoms with E-state index in [0.29, 0.717) is 41.7 Å². The summed E-state index contributed by atoms with van der Waals surface area (Å²) in [6.45, 7) is 4.37. The highest BCUT2D eigenvalue weighted by Gasteiger charge is 2.34. The van der Waals surface area contributed by atoms with Crippen molar-refractivity contribution in [1.82, 2.24) is 29.5 Å². The molecule has 1 N–H and O–H groups in total. The first-order chi connectivity index (χ1) is 20.2. The fourth-order valence-electron chi connectivity index (χ4n) is 4.57. The lowest BCUT2D eigenvalue weighted by Gasteiger charge is -2.14. The molecule has 218 valence electrons. The van der Waals surface area contributed by atoms with Gasteiger partial charge in [0.25, 0.3) is 0 Å². The number of nitrogens with zero attached hydrogens (tertiary/aromatic N) is 6. The maximum atomic E-state index is 13.1. The number of hydrogen-bond acceptors (Lipinski definition) is 8. The second-order valence-corrected chi connectivity index (χ2v) is 9.90. The molecule has 5 rings (SSSR count). The molecule has 9 nitrogen and oxygen atoms in total. The van der Waals surface area contributed by atoms with E-state index in [-0.39, 0.29) is 12.4 Å². The highest BCUT2D eigenvalue weighted by molar-refractivity contribution is 5.88. The smallest absolute Gasteiger partial charge is 0.434 e. The Labute approximate surface area is 240 Å². The Morgan fingerprint density at radius 1 is 1.12 bits per heavy atom. The molecular weight excluding hydrogens is 547 g/mol. The van der Waals surface area contributed by atoms with Gasteiger partial charge < -0.3 is 14.6 Å². The van der Waals surface area contributed by atoms with Crippen molar-refractivity contribution in [3.8, 4) is 22.8 Å². The van der Waals surface area contributed by atoms with Gasteiger partial charge in [-0.15, -0.1) is 0 Å². The Morgan fingerprint density at radius 2 is 1.88 bits per heavy atom. The normalized spacial score (nSPS) is 13.5. The number of imidazole rings is 1. The summed E-state index contributed by atoms with van der Waals surface area (Å²) in [7, 11) is 1.53. The number of rotatable bonds is 10. The number of benzene rings is 1. The number of esters is 1. The van der Waals surface area contributed by atoms with Crippen molar-refractivity contribution in [2.24, 2.45) is 7.05 Å². The van der Waals surface area contributed by atoms with E-state index in [1.807, 2.05) is 19.1 Å². The van der Waals surface area contributed by atoms with Crippen LogP contribution in [0.5, 0.6) is 0 Å². The average molecular weight is 578 g/mol. The molecule has 0 amide bonds. The van der Waals surface area contributed by atoms with Crippen molar-refractivity contribution >= 4 is 17.9 Å². The average Bonchev–Trinajstić information content (AvgIpc) is 3.75. The maximum absolute atomic E-state index is 13.1. The Hall–Kier alpha value is -4.61. The van der Waals surface area contributed by atoms with Crippen molar-refractivity contribution < 1.29 is 22.7 Å². The van der Waals surface area contributed by atoms with Gasteiger partial charge in [-0.2, -0.15) is 13.2 Å². The van der Waals surface area contributed by atoms with Crippen molar-refractivity contribution in [2.75, 3.05) is 11.9 Å². The molecule has 0 bridgehead atoms. The minimum absolute atomic E-state index is 0.219. The van der Waals surface area contributed by atoms with Crippen LogP contribution in [-0.2, 0) is 35.7 Å². The third-order valence-corrected chi connectivity index (χ3v) is 6.82. The Morgan fingerprint density at radius 3 is 2.52 bits per heavy atom. The lowest BCUT2D eigenvalue weighted by atomic mass is 10.1. The number of carbonyl (C=O) groups excluding carboxylic acids is 1. The number of aryl methyl sites for hydroxylation is 2. The summed E-state index contributed by atoms with van der Waals surface area (Å²) in [6.07, 6.45) is 5.42. The van der Waals surface area contributed by atoms with Crippen molar-refractivity contribution in [3.63, 3.8) is 0 Å². The summed E-state index contributed by atoms with van der Waals surface area (Å²) >= 11 is 0. The van der Waals surface area contributed by atoms with Gasteiger partial charge in [0, 0.05) is 49.1 Å². The maximum Gasteiger partial charge on any atom is 0.434 e. The second-order valence-electron chi connectivity index (χ2n) is 9.90. The van der Waals surface area contributed by atoms with E-state index in [1.165, 1.54) is 17.7 Å². The van der Waals surface area contributed by atoms with Crippen molar-refractivity contribution in [2.45, 2.75) is 51.7 Å². The summed E-state index contributed by atoms with van der Waals surface area (Å²) in [4.78, 5) is 34.2. The lowest BCUT2D eigenvalue weighted by Crippen LogP contribution is -2.08. The predicted octanol–water partition coefficient (Wildman–Crippen LogP) is 5.98. The van der Waals surface area contributed by atoms with Crippen LogP contribution >= 0.6 is 0 Å². The lowest BCUT2D eigenvalue weighted by molar-refractivity contribution is -0.141. The van der Waals surface area contributed by atoms with E-state index in [1.54, 1.807) is 37.7 Å². The van der Waals surface area contributed by atoms with Crippen LogP contribution in [0, 0.1) is 0 Å². The molecule has 0 saturated heterocycles. The van der Waals surface area contributed by atoms with Gasteiger partial charge >= 0.3 is 12.1 Å². The molecule has 0 aliphatic heterocycles. The molecule has 12 heteroatoms. The van der Waals surface area contributed by atoms with E-state index >= 15 is 0 Å². The summed E-state index contributed by atoms with van der Waals surface area (Å²) in [5, 5.41) is 3.33. The van der Waals surface area contributed by atoms with Crippen LogP contribution in [0.3, 0.4) is 0 Å². The van der Waals surface area contributed by atoms with E-state index in [0.717, 1.165) is 41.6 Å². The zero-order valence-electron chi connectivity index (χ0n) is 23.4. The molecular formula is C30H30F3N7O2. The first-order valence-corrected chi connectivity index (χ1v) is 13.7. The van der Waals surface area contributed by atoms with Crippen LogP contribution in [0.2, 0.25) is 0 Å². The van der Waals surface area contributed by atoms with Gasteiger partial charge in [0.15, 0.2) is 11.5 Å². The van der Waals surface area contributed by atoms with Crippen LogP contribution in [0.1, 0.15) is 60.8 Å². The number of alkyl halides is 3. The molecule has 1 fully saturated rings. The monoisotopic (exact) mass is 577 g/mol. The number of aromatic nitrogens is 6. The molecule has 0 spiro atoms. The van der Waals surface area contributed by atoms with Crippen molar-refractivity contribution in [1.29, 1.82) is 0 Å². The van der Waals surface area contributed by atoms with Gasteiger partial charge in [-0.1, -0.05) is 31.2 Å². The van der Waals surface area contributed by atoms with Crippen molar-refractivity contribution in [3.05, 3.63) is 77.3 Å². The van der Waals surface area contributed by atoms with E-state index in [9.17, 15) is 18.0 Å². The highest BCUT2D eigenvalue weighted by atomic mass is 19.4. The summed E-state index contributed by atoms with van der Waals surface area (Å²) in [5.41, 5.74) is 3.72. The van der Waals surface area contributed by atoms with Gasteiger partial charge in [-0.05, 0) is 37.8 Å². The quantitative estimate of drug-likeness (QED) is 0.181. The SMILES string of the molecule is CCOC(=O)/C=C/c1cnc(-c2c(CC)ncnc2C2CC2)nc1NCc1ccc(-c2nc(C(F)(F)F)cn2C)cc1. The first kappa shape index (κ1) is 28.9. The minimum atomic E-state index is -4.51. The van der Waals surface area contributed by atoms with Crippen LogP contribution < -0.4 is 5.32 Å². The molecule has 1 saturated carbocycles. The molecule has 0 unspecified atom stereocenters. The standard InChI is InChI=1S/C30H30F3N7O2/c1-4-22-25(26(19-10-11-19)37-17-36-22)28-35-15-21(12-13-24(41)42-5-2)27(39-28)34-14-18-6-8-20(9-7-18)29-38-23(16-40(29)3)30(31,32)33/h6-9,12-13,15-17,19H,4-5,10-11,14H2,1-3H3,(H,34,35,39)/b13-12+. The van der Waals surface area contributed by atoms with Crippen LogP contribution in [0.25, 0.3) is 28.9 Å². The minimum Gasteiger partial charge on any atom is -0.463 e. The highest BCUT2D eigenvalue weighted by Crippen LogP contribution is 2.43. The molecule has 1 aromatic carbocycles. The molecule has 3 aromatic heterocycles. The van der Waals surface area contributed by atoms with E-state index in [4.69, 9.17) is 9.72 Å². The molecule has 1 aliphatic rings. The number of nitrogens with one attached hydrogen (secondary N) is 1.